The molecule has 2 nitrogen and oxygen atoms in total. The van der Waals surface area contributed by atoms with Crippen molar-refractivity contribution in [1.29, 1.82) is 0 Å². The lowest BCUT2D eigenvalue weighted by molar-refractivity contribution is 0.190. The van der Waals surface area contributed by atoms with Crippen LogP contribution in [0, 0.1) is 0 Å². The van der Waals surface area contributed by atoms with E-state index in [1.165, 1.54) is 0 Å². The van der Waals surface area contributed by atoms with Gasteiger partial charge in [-0.15, -0.1) is 0 Å². The van der Waals surface area contributed by atoms with E-state index in [4.69, 9.17) is 4.74 Å². The van der Waals surface area contributed by atoms with Crippen molar-refractivity contribution in [1.82, 2.24) is 5.32 Å². The first-order valence-corrected chi connectivity index (χ1v) is 3.21. The smallest absolute Gasteiger partial charge is 0.0968 e. The first-order chi connectivity index (χ1) is 3.89. The van der Waals surface area contributed by atoms with Crippen LogP contribution in [0.2, 0.25) is 0 Å². The molecule has 1 unspecified atom stereocenters. The van der Waals surface area contributed by atoms with E-state index in [0.717, 1.165) is 13.3 Å². The summed E-state index contributed by atoms with van der Waals surface area (Å²) >= 11 is 0. The van der Waals surface area contributed by atoms with Crippen LogP contribution < -0.4 is 5.32 Å². The molecular weight excluding hydrogens is 102 g/mol. The summed E-state index contributed by atoms with van der Waals surface area (Å²) in [4.78, 5) is 0. The fourth-order valence-corrected chi connectivity index (χ4v) is 0.496. The molecule has 0 aliphatic carbocycles. The molecule has 1 fully saturated rings. The highest BCUT2D eigenvalue weighted by atomic mass is 16.5. The van der Waals surface area contributed by atoms with Crippen LogP contribution >= 0.6 is 0 Å². The molecule has 1 heterocycles. The second-order valence-corrected chi connectivity index (χ2v) is 1.62. The van der Waals surface area contributed by atoms with Gasteiger partial charge in [0.25, 0.3) is 0 Å². The molecule has 0 aromatic rings. The Morgan fingerprint density at radius 3 is 2.25 bits per heavy atom. The molecule has 0 bridgehead atoms. The van der Waals surface area contributed by atoms with Crippen molar-refractivity contribution in [2.45, 2.75) is 26.8 Å². The zero-order valence-electron chi connectivity index (χ0n) is 5.90. The third-order valence-corrected chi connectivity index (χ3v) is 0.902. The Labute approximate surface area is 51.2 Å². The van der Waals surface area contributed by atoms with Gasteiger partial charge in [0, 0.05) is 6.04 Å². The molecule has 0 saturated carbocycles. The van der Waals surface area contributed by atoms with Gasteiger partial charge in [0.05, 0.1) is 13.3 Å². The van der Waals surface area contributed by atoms with Gasteiger partial charge in [0.2, 0.25) is 0 Å². The van der Waals surface area contributed by atoms with Gasteiger partial charge in [0.15, 0.2) is 0 Å². The first-order valence-electron chi connectivity index (χ1n) is 3.21. The lowest BCUT2D eigenvalue weighted by atomic mass is 10.4. The minimum absolute atomic E-state index is 0.574. The van der Waals surface area contributed by atoms with Gasteiger partial charge >= 0.3 is 0 Å². The predicted octanol–water partition coefficient (Wildman–Crippen LogP) is 0.978. The predicted molar refractivity (Wildman–Crippen MR) is 34.8 cm³/mol. The highest BCUT2D eigenvalue weighted by Crippen LogP contribution is 1.89. The Balaban J connectivity index is 0.000000222. The van der Waals surface area contributed by atoms with E-state index in [9.17, 15) is 0 Å². The van der Waals surface area contributed by atoms with Crippen LogP contribution in [0.5, 0.6) is 0 Å². The monoisotopic (exact) mass is 117 g/mol. The summed E-state index contributed by atoms with van der Waals surface area (Å²) in [6.07, 6.45) is 0. The molecule has 8 heavy (non-hydrogen) atoms. The topological polar surface area (TPSA) is 21.3 Å². The van der Waals surface area contributed by atoms with Crippen LogP contribution in [-0.4, -0.2) is 19.4 Å². The van der Waals surface area contributed by atoms with Gasteiger partial charge in [-0.05, 0) is 6.92 Å². The van der Waals surface area contributed by atoms with Crippen molar-refractivity contribution in [3.05, 3.63) is 0 Å². The van der Waals surface area contributed by atoms with Gasteiger partial charge in [-0.1, -0.05) is 13.8 Å². The van der Waals surface area contributed by atoms with Crippen molar-refractivity contribution >= 4 is 0 Å². The van der Waals surface area contributed by atoms with Crippen molar-refractivity contribution in [3.63, 3.8) is 0 Å². The summed E-state index contributed by atoms with van der Waals surface area (Å²) in [6.45, 7) is 7.72. The van der Waals surface area contributed by atoms with Crippen LogP contribution in [0.1, 0.15) is 20.8 Å². The van der Waals surface area contributed by atoms with Crippen LogP contribution in [0.25, 0.3) is 0 Å². The van der Waals surface area contributed by atoms with Crippen LogP contribution in [0.3, 0.4) is 0 Å². The van der Waals surface area contributed by atoms with Crippen LogP contribution in [0.4, 0.5) is 0 Å². The molecule has 1 aliphatic rings. The number of hydrogen-bond donors (Lipinski definition) is 1. The van der Waals surface area contributed by atoms with Gasteiger partial charge < -0.3 is 4.74 Å². The summed E-state index contributed by atoms with van der Waals surface area (Å²) < 4.78 is 4.95. The highest BCUT2D eigenvalue weighted by molar-refractivity contribution is 4.60. The van der Waals surface area contributed by atoms with Crippen molar-refractivity contribution < 1.29 is 4.74 Å². The van der Waals surface area contributed by atoms with E-state index in [1.807, 2.05) is 13.8 Å². The van der Waals surface area contributed by atoms with E-state index >= 15 is 0 Å². The van der Waals surface area contributed by atoms with E-state index in [0.29, 0.717) is 6.04 Å². The second kappa shape index (κ2) is 5.06. The molecule has 50 valence electrons. The van der Waals surface area contributed by atoms with Gasteiger partial charge in [-0.3, -0.25) is 5.32 Å². The van der Waals surface area contributed by atoms with Gasteiger partial charge in [-0.2, -0.15) is 0 Å². The van der Waals surface area contributed by atoms with Crippen molar-refractivity contribution in [3.8, 4) is 0 Å². The molecule has 0 aromatic heterocycles. The summed E-state index contributed by atoms with van der Waals surface area (Å²) in [7, 11) is 0. The zero-order valence-corrected chi connectivity index (χ0v) is 5.90. The van der Waals surface area contributed by atoms with Crippen molar-refractivity contribution in [2.24, 2.45) is 0 Å². The molecule has 0 spiro atoms. The van der Waals surface area contributed by atoms with E-state index in [-0.39, 0.29) is 0 Å². The quantitative estimate of drug-likeness (QED) is 0.510. The molecule has 1 N–H and O–H groups in total. The number of hydrogen-bond acceptors (Lipinski definition) is 2. The van der Waals surface area contributed by atoms with Crippen LogP contribution in [0.15, 0.2) is 0 Å². The third kappa shape index (κ3) is 2.99. The van der Waals surface area contributed by atoms with E-state index in [2.05, 4.69) is 12.2 Å². The number of nitrogens with one attached hydrogen (secondary N) is 1. The van der Waals surface area contributed by atoms with Crippen LogP contribution in [-0.2, 0) is 4.74 Å². The Bertz CT molecular complexity index is 41.8. The summed E-state index contributed by atoms with van der Waals surface area (Å²) in [5.41, 5.74) is 0. The molecule has 0 aromatic carbocycles. The second-order valence-electron chi connectivity index (χ2n) is 1.62. The molecule has 2 heteroatoms. The Morgan fingerprint density at radius 1 is 1.50 bits per heavy atom. The largest absolute Gasteiger partial charge is 0.365 e. The minimum atomic E-state index is 0.574. The fourth-order valence-electron chi connectivity index (χ4n) is 0.496. The highest BCUT2D eigenvalue weighted by Gasteiger charge is 2.05. The van der Waals surface area contributed by atoms with Gasteiger partial charge in [-0.25, -0.2) is 0 Å². The third-order valence-electron chi connectivity index (χ3n) is 0.902. The zero-order chi connectivity index (χ0) is 6.41. The average molecular weight is 117 g/mol. The molecule has 1 rings (SSSR count). The molecule has 1 aliphatic heterocycles. The van der Waals surface area contributed by atoms with Gasteiger partial charge in [0.1, 0.15) is 0 Å². The fraction of sp³-hybridized carbons (Fsp3) is 1.00. The maximum Gasteiger partial charge on any atom is 0.0968 e. The molecule has 1 atom stereocenters. The Kier molecular flexibility index (Phi) is 5.01. The first kappa shape index (κ1) is 7.92. The standard InChI is InChI=1S/C4H9NO.C2H6/c1-4-2-6-3-5-4;1-2/h4-5H,2-3H2,1H3;1-2H3. The Morgan fingerprint density at radius 2 is 2.12 bits per heavy atom. The number of ether oxygens (including phenoxy) is 1. The number of rotatable bonds is 0. The SMILES string of the molecule is CC.CC1COCN1. The lowest BCUT2D eigenvalue weighted by Gasteiger charge is -1.91. The molecule has 0 radical (unpaired) electrons. The van der Waals surface area contributed by atoms with Crippen molar-refractivity contribution in [2.75, 3.05) is 13.3 Å². The normalized spacial score (nSPS) is 26.6. The molecule has 1 saturated heterocycles. The van der Waals surface area contributed by atoms with E-state index < -0.39 is 0 Å². The maximum atomic E-state index is 4.95. The molecular formula is C6H15NO. The van der Waals surface area contributed by atoms with E-state index in [1.54, 1.807) is 0 Å². The Hall–Kier alpha value is -0.0800. The lowest BCUT2D eigenvalue weighted by Crippen LogP contribution is -2.18. The minimum Gasteiger partial charge on any atom is -0.365 e. The summed E-state index contributed by atoms with van der Waals surface area (Å²) in [6, 6.07) is 0.574. The maximum absolute atomic E-state index is 4.95. The average Bonchev–Trinajstić information content (AvgIpc) is 2.24. The summed E-state index contributed by atoms with van der Waals surface area (Å²) in [5.74, 6) is 0. The molecule has 0 amide bonds. The summed E-state index contributed by atoms with van der Waals surface area (Å²) in [5, 5.41) is 3.10.